The van der Waals surface area contributed by atoms with E-state index in [4.69, 9.17) is 0 Å². The molecule has 0 aromatic heterocycles. The van der Waals surface area contributed by atoms with Crippen LogP contribution in [0.2, 0.25) is 0 Å². The largest absolute Gasteiger partial charge is 0.384 e. The molecule has 0 aliphatic rings. The minimum Gasteiger partial charge on any atom is -0.384 e. The van der Waals surface area contributed by atoms with E-state index in [-0.39, 0.29) is 0 Å². The van der Waals surface area contributed by atoms with Crippen molar-refractivity contribution in [1.82, 2.24) is 0 Å². The van der Waals surface area contributed by atoms with Crippen molar-refractivity contribution in [2.45, 2.75) is 13.0 Å². The average Bonchev–Trinajstić information content (AvgIpc) is 2.32. The van der Waals surface area contributed by atoms with Crippen LogP contribution in [0.1, 0.15) is 22.8 Å². The number of halogens is 2. The first kappa shape index (κ1) is 12.3. The lowest BCUT2D eigenvalue weighted by molar-refractivity contribution is 0.214. The van der Waals surface area contributed by atoms with Gasteiger partial charge in [-0.1, -0.05) is 52.3 Å². The number of hydrogen-bond donors (Lipinski definition) is 1. The van der Waals surface area contributed by atoms with Gasteiger partial charge in [-0.25, -0.2) is 4.39 Å². The van der Waals surface area contributed by atoms with E-state index in [1.807, 2.05) is 19.1 Å². The summed E-state index contributed by atoms with van der Waals surface area (Å²) in [6, 6.07) is 11.8. The lowest BCUT2D eigenvalue weighted by Gasteiger charge is -2.15. The molecule has 0 fully saturated rings. The summed E-state index contributed by atoms with van der Waals surface area (Å²) < 4.78 is 14.4. The summed E-state index contributed by atoms with van der Waals surface area (Å²) in [6.45, 7) is 1.93. The molecular weight excluding hydrogens is 283 g/mol. The van der Waals surface area contributed by atoms with Crippen molar-refractivity contribution in [1.29, 1.82) is 0 Å². The normalized spacial score (nSPS) is 12.5. The molecule has 1 nitrogen and oxygen atoms in total. The number of aryl methyl sites for hydroxylation is 1. The van der Waals surface area contributed by atoms with Crippen molar-refractivity contribution in [2.24, 2.45) is 0 Å². The predicted molar refractivity (Wildman–Crippen MR) is 69.3 cm³/mol. The van der Waals surface area contributed by atoms with Crippen LogP contribution in [0.4, 0.5) is 4.39 Å². The summed E-state index contributed by atoms with van der Waals surface area (Å²) in [7, 11) is 0. The lowest BCUT2D eigenvalue weighted by atomic mass is 10.00. The third-order valence-corrected chi connectivity index (χ3v) is 3.80. The lowest BCUT2D eigenvalue weighted by Crippen LogP contribution is -2.03. The third kappa shape index (κ3) is 2.40. The topological polar surface area (TPSA) is 20.2 Å². The van der Waals surface area contributed by atoms with Gasteiger partial charge in [0.1, 0.15) is 11.9 Å². The Labute approximate surface area is 108 Å². The fourth-order valence-electron chi connectivity index (χ4n) is 1.75. The fraction of sp³-hybridized carbons (Fsp3) is 0.143. The Morgan fingerprint density at radius 2 is 1.71 bits per heavy atom. The minimum atomic E-state index is -0.953. The van der Waals surface area contributed by atoms with E-state index in [1.54, 1.807) is 24.3 Å². The van der Waals surface area contributed by atoms with Crippen molar-refractivity contribution in [2.75, 3.05) is 0 Å². The Morgan fingerprint density at radius 3 is 2.41 bits per heavy atom. The Kier molecular flexibility index (Phi) is 3.60. The first-order valence-electron chi connectivity index (χ1n) is 5.28. The predicted octanol–water partition coefficient (Wildman–Crippen LogP) is 3.98. The van der Waals surface area contributed by atoms with Gasteiger partial charge in [0.05, 0.1) is 0 Å². The quantitative estimate of drug-likeness (QED) is 0.888. The molecule has 0 spiro atoms. The molecule has 0 aliphatic heterocycles. The number of hydrogen-bond acceptors (Lipinski definition) is 1. The fourth-order valence-corrected chi connectivity index (χ4v) is 2.23. The van der Waals surface area contributed by atoms with E-state index < -0.39 is 11.9 Å². The van der Waals surface area contributed by atoms with Gasteiger partial charge in [-0.3, -0.25) is 0 Å². The molecule has 2 aromatic carbocycles. The summed E-state index contributed by atoms with van der Waals surface area (Å²) in [6.07, 6.45) is -0.953. The Morgan fingerprint density at radius 1 is 1.06 bits per heavy atom. The van der Waals surface area contributed by atoms with Crippen LogP contribution in [-0.2, 0) is 0 Å². The van der Waals surface area contributed by atoms with E-state index in [0.717, 1.165) is 10.0 Å². The molecule has 0 saturated carbocycles. The molecule has 0 aliphatic carbocycles. The van der Waals surface area contributed by atoms with E-state index >= 15 is 0 Å². The van der Waals surface area contributed by atoms with Gasteiger partial charge in [0, 0.05) is 10.0 Å². The maximum atomic E-state index is 13.6. The van der Waals surface area contributed by atoms with Gasteiger partial charge < -0.3 is 5.11 Å². The second-order valence-corrected chi connectivity index (χ2v) is 4.70. The molecular formula is C14H12BrFO. The van der Waals surface area contributed by atoms with Crippen LogP contribution in [0.15, 0.2) is 46.9 Å². The van der Waals surface area contributed by atoms with Crippen LogP contribution >= 0.6 is 15.9 Å². The zero-order valence-electron chi connectivity index (χ0n) is 9.32. The first-order chi connectivity index (χ1) is 8.11. The van der Waals surface area contributed by atoms with Crippen molar-refractivity contribution in [3.05, 3.63) is 69.4 Å². The van der Waals surface area contributed by atoms with E-state index in [2.05, 4.69) is 15.9 Å². The van der Waals surface area contributed by atoms with Crippen LogP contribution < -0.4 is 0 Å². The van der Waals surface area contributed by atoms with Crippen LogP contribution in [0.25, 0.3) is 0 Å². The highest BCUT2D eigenvalue weighted by atomic mass is 79.9. The van der Waals surface area contributed by atoms with Crippen molar-refractivity contribution in [3.8, 4) is 0 Å². The van der Waals surface area contributed by atoms with Gasteiger partial charge in [0.25, 0.3) is 0 Å². The summed E-state index contributed by atoms with van der Waals surface area (Å²) in [4.78, 5) is 0. The molecule has 88 valence electrons. The Bertz CT molecular complexity index is 539. The van der Waals surface area contributed by atoms with E-state index in [0.29, 0.717) is 11.1 Å². The van der Waals surface area contributed by atoms with Gasteiger partial charge in [-0.05, 0) is 24.1 Å². The zero-order chi connectivity index (χ0) is 12.4. The van der Waals surface area contributed by atoms with Crippen LogP contribution in [0.5, 0.6) is 0 Å². The number of aliphatic hydroxyl groups excluding tert-OH is 1. The molecule has 2 rings (SSSR count). The minimum absolute atomic E-state index is 0.291. The maximum Gasteiger partial charge on any atom is 0.129 e. The summed E-state index contributed by atoms with van der Waals surface area (Å²) in [5.74, 6) is -0.395. The van der Waals surface area contributed by atoms with E-state index in [9.17, 15) is 9.50 Å². The summed E-state index contributed by atoms with van der Waals surface area (Å²) >= 11 is 3.42. The smallest absolute Gasteiger partial charge is 0.129 e. The Hall–Kier alpha value is -1.19. The third-order valence-electron chi connectivity index (χ3n) is 2.72. The van der Waals surface area contributed by atoms with Gasteiger partial charge in [0.15, 0.2) is 0 Å². The van der Waals surface area contributed by atoms with Crippen LogP contribution in [0, 0.1) is 12.7 Å². The van der Waals surface area contributed by atoms with Gasteiger partial charge in [-0.2, -0.15) is 0 Å². The number of aliphatic hydroxyl groups is 1. The van der Waals surface area contributed by atoms with Crippen molar-refractivity contribution >= 4 is 15.9 Å². The summed E-state index contributed by atoms with van der Waals surface area (Å²) in [5, 5.41) is 10.2. The van der Waals surface area contributed by atoms with Crippen molar-refractivity contribution in [3.63, 3.8) is 0 Å². The van der Waals surface area contributed by atoms with Crippen molar-refractivity contribution < 1.29 is 9.50 Å². The average molecular weight is 295 g/mol. The molecule has 0 bridgehead atoms. The van der Waals surface area contributed by atoms with E-state index in [1.165, 1.54) is 6.07 Å². The standard InChI is InChI=1S/C14H12BrFO/c1-9-5-4-7-11(13(9)15)14(17)10-6-2-3-8-12(10)16/h2-8,14,17H,1H3. The molecule has 1 unspecified atom stereocenters. The first-order valence-corrected chi connectivity index (χ1v) is 6.08. The second kappa shape index (κ2) is 4.98. The molecule has 2 aromatic rings. The van der Waals surface area contributed by atoms with Crippen LogP contribution in [-0.4, -0.2) is 5.11 Å². The second-order valence-electron chi connectivity index (χ2n) is 3.90. The zero-order valence-corrected chi connectivity index (χ0v) is 10.9. The highest BCUT2D eigenvalue weighted by molar-refractivity contribution is 9.10. The molecule has 17 heavy (non-hydrogen) atoms. The van der Waals surface area contributed by atoms with Gasteiger partial charge in [0.2, 0.25) is 0 Å². The number of rotatable bonds is 2. The molecule has 0 radical (unpaired) electrons. The number of benzene rings is 2. The maximum absolute atomic E-state index is 13.6. The monoisotopic (exact) mass is 294 g/mol. The summed E-state index contributed by atoms with van der Waals surface area (Å²) in [5.41, 5.74) is 1.98. The Balaban J connectivity index is 2.48. The molecule has 0 amide bonds. The highest BCUT2D eigenvalue weighted by Gasteiger charge is 2.17. The highest BCUT2D eigenvalue weighted by Crippen LogP contribution is 2.31. The van der Waals surface area contributed by atoms with Gasteiger partial charge in [-0.15, -0.1) is 0 Å². The van der Waals surface area contributed by atoms with Gasteiger partial charge >= 0.3 is 0 Å². The molecule has 3 heteroatoms. The SMILES string of the molecule is Cc1cccc(C(O)c2ccccc2F)c1Br. The molecule has 1 N–H and O–H groups in total. The van der Waals surface area contributed by atoms with Crippen LogP contribution in [0.3, 0.4) is 0 Å². The molecule has 0 heterocycles. The molecule has 1 atom stereocenters. The molecule has 0 saturated heterocycles.